The van der Waals surface area contributed by atoms with Gasteiger partial charge in [0.15, 0.2) is 6.10 Å². The van der Waals surface area contributed by atoms with Gasteiger partial charge >= 0.3 is 0 Å². The van der Waals surface area contributed by atoms with E-state index >= 15 is 0 Å². The van der Waals surface area contributed by atoms with Gasteiger partial charge in [-0.1, -0.05) is 41.9 Å². The Labute approximate surface area is 131 Å². The Morgan fingerprint density at radius 3 is 2.45 bits per heavy atom. The molecule has 2 rings (SSSR count). The van der Waals surface area contributed by atoms with Crippen molar-refractivity contribution in [2.24, 2.45) is 0 Å². The predicted octanol–water partition coefficient (Wildman–Crippen LogP) is 2.89. The number of hydrogen-bond donors (Lipinski definition) is 2. The highest BCUT2D eigenvalue weighted by Crippen LogP contribution is 2.23. The molecule has 0 spiro atoms. The minimum atomic E-state index is -1.50. The maximum absolute atomic E-state index is 12.9. The monoisotopic (exact) mass is 318 g/mol. The topological polar surface area (TPSA) is 73.1 Å². The maximum atomic E-state index is 12.9. The van der Waals surface area contributed by atoms with Crippen molar-refractivity contribution in [1.29, 1.82) is 5.26 Å². The zero-order valence-corrected chi connectivity index (χ0v) is 12.1. The number of benzene rings is 2. The second-order valence-corrected chi connectivity index (χ2v) is 4.95. The molecule has 0 saturated heterocycles. The molecular weight excluding hydrogens is 307 g/mol. The Kier molecular flexibility index (Phi) is 5.10. The number of carbonyl (C=O) groups is 1. The Morgan fingerprint density at radius 1 is 1.23 bits per heavy atom. The van der Waals surface area contributed by atoms with Crippen LogP contribution in [-0.2, 0) is 4.79 Å². The van der Waals surface area contributed by atoms with Crippen LogP contribution in [-0.4, -0.2) is 11.0 Å². The van der Waals surface area contributed by atoms with Crippen LogP contribution < -0.4 is 5.32 Å². The molecule has 6 heteroatoms. The lowest BCUT2D eigenvalue weighted by Gasteiger charge is -2.16. The van der Waals surface area contributed by atoms with Crippen LogP contribution in [0.15, 0.2) is 48.5 Å². The maximum Gasteiger partial charge on any atom is 0.254 e. The van der Waals surface area contributed by atoms with E-state index in [2.05, 4.69) is 5.32 Å². The van der Waals surface area contributed by atoms with E-state index in [1.54, 1.807) is 18.2 Å². The van der Waals surface area contributed by atoms with Gasteiger partial charge in [0.05, 0.1) is 6.07 Å². The number of aliphatic hydroxyl groups is 1. The van der Waals surface area contributed by atoms with Crippen molar-refractivity contribution in [3.63, 3.8) is 0 Å². The molecule has 0 aliphatic carbocycles. The summed E-state index contributed by atoms with van der Waals surface area (Å²) >= 11 is 5.92. The lowest BCUT2D eigenvalue weighted by Crippen LogP contribution is -2.32. The number of rotatable bonds is 4. The van der Waals surface area contributed by atoms with Crippen LogP contribution in [0, 0.1) is 17.1 Å². The van der Waals surface area contributed by atoms with Crippen molar-refractivity contribution in [2.45, 2.75) is 12.1 Å². The molecule has 0 fully saturated rings. The van der Waals surface area contributed by atoms with E-state index in [1.807, 2.05) is 6.07 Å². The fourth-order valence-corrected chi connectivity index (χ4v) is 2.14. The number of hydrogen-bond acceptors (Lipinski definition) is 3. The summed E-state index contributed by atoms with van der Waals surface area (Å²) in [5.74, 6) is -1.20. The highest BCUT2D eigenvalue weighted by Gasteiger charge is 2.23. The number of halogens is 2. The van der Waals surface area contributed by atoms with E-state index in [9.17, 15) is 14.3 Å². The molecule has 4 nitrogen and oxygen atoms in total. The third kappa shape index (κ3) is 3.61. The molecule has 0 heterocycles. The van der Waals surface area contributed by atoms with Gasteiger partial charge in [-0.2, -0.15) is 5.26 Å². The first-order valence-corrected chi connectivity index (χ1v) is 6.78. The highest BCUT2D eigenvalue weighted by molar-refractivity contribution is 6.31. The van der Waals surface area contributed by atoms with E-state index in [0.29, 0.717) is 5.56 Å². The van der Waals surface area contributed by atoms with Crippen LogP contribution in [0.25, 0.3) is 0 Å². The van der Waals surface area contributed by atoms with Gasteiger partial charge in [-0.05, 0) is 23.8 Å². The zero-order valence-electron chi connectivity index (χ0n) is 11.3. The van der Waals surface area contributed by atoms with E-state index in [4.69, 9.17) is 16.9 Å². The summed E-state index contributed by atoms with van der Waals surface area (Å²) in [6.07, 6.45) is -1.50. The summed E-state index contributed by atoms with van der Waals surface area (Å²) in [6, 6.07) is 12.4. The van der Waals surface area contributed by atoms with E-state index in [1.165, 1.54) is 30.3 Å². The van der Waals surface area contributed by atoms with Crippen molar-refractivity contribution < 1.29 is 14.3 Å². The van der Waals surface area contributed by atoms with Gasteiger partial charge in [0.2, 0.25) is 0 Å². The first-order valence-electron chi connectivity index (χ1n) is 6.41. The van der Waals surface area contributed by atoms with E-state index in [0.717, 1.165) is 0 Å². The van der Waals surface area contributed by atoms with Crippen molar-refractivity contribution in [3.05, 3.63) is 70.5 Å². The smallest absolute Gasteiger partial charge is 0.254 e. The quantitative estimate of drug-likeness (QED) is 0.910. The lowest BCUT2D eigenvalue weighted by atomic mass is 10.1. The Morgan fingerprint density at radius 2 is 1.86 bits per heavy atom. The van der Waals surface area contributed by atoms with Gasteiger partial charge in [-0.25, -0.2) is 4.39 Å². The molecule has 0 saturated carbocycles. The second kappa shape index (κ2) is 7.03. The average molecular weight is 319 g/mol. The van der Waals surface area contributed by atoms with Crippen molar-refractivity contribution in [3.8, 4) is 6.07 Å². The predicted molar refractivity (Wildman–Crippen MR) is 79.3 cm³/mol. The largest absolute Gasteiger partial charge is 0.378 e. The summed E-state index contributed by atoms with van der Waals surface area (Å²) in [7, 11) is 0. The molecule has 1 amide bonds. The second-order valence-electron chi connectivity index (χ2n) is 4.55. The fraction of sp³-hybridized carbons (Fsp3) is 0.125. The van der Waals surface area contributed by atoms with Crippen LogP contribution >= 0.6 is 11.6 Å². The number of aliphatic hydroxyl groups excluding tert-OH is 1. The summed E-state index contributed by atoms with van der Waals surface area (Å²) in [5.41, 5.74) is 0.668. The van der Waals surface area contributed by atoms with Gasteiger partial charge in [0, 0.05) is 10.6 Å². The summed E-state index contributed by atoms with van der Waals surface area (Å²) in [4.78, 5) is 12.1. The summed E-state index contributed by atoms with van der Waals surface area (Å²) in [6.45, 7) is 0. The zero-order chi connectivity index (χ0) is 16.1. The number of carbonyl (C=O) groups excluding carboxylic acids is 1. The van der Waals surface area contributed by atoms with Gasteiger partial charge in [-0.15, -0.1) is 0 Å². The molecule has 0 aliphatic rings. The lowest BCUT2D eigenvalue weighted by molar-refractivity contribution is -0.130. The Bertz CT molecular complexity index is 713. The van der Waals surface area contributed by atoms with Crippen molar-refractivity contribution in [2.75, 3.05) is 0 Å². The molecule has 0 aliphatic heterocycles. The average Bonchev–Trinajstić information content (AvgIpc) is 2.53. The van der Waals surface area contributed by atoms with Crippen LogP contribution in [0.1, 0.15) is 23.3 Å². The molecule has 2 N–H and O–H groups in total. The van der Waals surface area contributed by atoms with Gasteiger partial charge in [0.1, 0.15) is 11.9 Å². The number of nitriles is 1. The summed E-state index contributed by atoms with van der Waals surface area (Å²) in [5, 5.41) is 21.8. The molecule has 2 aromatic carbocycles. The van der Waals surface area contributed by atoms with Crippen molar-refractivity contribution >= 4 is 17.5 Å². The molecule has 0 bridgehead atoms. The van der Waals surface area contributed by atoms with Gasteiger partial charge < -0.3 is 10.4 Å². The van der Waals surface area contributed by atoms with Crippen LogP contribution in [0.3, 0.4) is 0 Å². The van der Waals surface area contributed by atoms with Gasteiger partial charge in [0.25, 0.3) is 5.91 Å². The Hall–Kier alpha value is -2.42. The summed E-state index contributed by atoms with van der Waals surface area (Å²) < 4.78 is 12.9. The Balaban J connectivity index is 2.14. The highest BCUT2D eigenvalue weighted by atomic mass is 35.5. The minimum Gasteiger partial charge on any atom is -0.378 e. The standard InChI is InChI=1S/C16H12ClFN2O2/c17-13-4-2-1-3-12(13)15(21)16(22)20-14(9-19)10-5-7-11(18)8-6-10/h1-8,14-15,21H,(H,20,22)/t14-,15+/m0/s1. The molecule has 2 aromatic rings. The number of amides is 1. The normalized spacial score (nSPS) is 13.0. The molecular formula is C16H12ClFN2O2. The van der Waals surface area contributed by atoms with E-state index in [-0.39, 0.29) is 10.6 Å². The molecule has 22 heavy (non-hydrogen) atoms. The third-order valence-corrected chi connectivity index (χ3v) is 3.41. The molecule has 0 aromatic heterocycles. The third-order valence-electron chi connectivity index (χ3n) is 3.07. The van der Waals surface area contributed by atoms with Crippen LogP contribution in [0.5, 0.6) is 0 Å². The number of nitrogens with one attached hydrogen (secondary N) is 1. The fourth-order valence-electron chi connectivity index (χ4n) is 1.90. The molecule has 112 valence electrons. The number of nitrogens with zero attached hydrogens (tertiary/aromatic N) is 1. The molecule has 0 unspecified atom stereocenters. The van der Waals surface area contributed by atoms with Crippen LogP contribution in [0.2, 0.25) is 5.02 Å². The van der Waals surface area contributed by atoms with Crippen molar-refractivity contribution in [1.82, 2.24) is 5.32 Å². The first-order chi connectivity index (χ1) is 10.5. The van der Waals surface area contributed by atoms with E-state index < -0.39 is 23.9 Å². The SMILES string of the molecule is N#C[C@H](NC(=O)[C@H](O)c1ccccc1Cl)c1ccc(F)cc1. The van der Waals surface area contributed by atoms with Gasteiger partial charge in [-0.3, -0.25) is 4.79 Å². The molecule has 2 atom stereocenters. The minimum absolute atomic E-state index is 0.248. The van der Waals surface area contributed by atoms with Crippen LogP contribution in [0.4, 0.5) is 4.39 Å². The molecule has 0 radical (unpaired) electrons. The first kappa shape index (κ1) is 16.0.